The van der Waals surface area contributed by atoms with Gasteiger partial charge in [-0.05, 0) is 32.8 Å². The molecule has 7 heteroatoms. The van der Waals surface area contributed by atoms with Crippen molar-refractivity contribution in [2.75, 3.05) is 13.9 Å². The summed E-state index contributed by atoms with van der Waals surface area (Å²) in [5.41, 5.74) is 0.179. The zero-order valence-corrected chi connectivity index (χ0v) is 14.4. The third kappa shape index (κ3) is 7.43. The molecule has 0 fully saturated rings. The van der Waals surface area contributed by atoms with Crippen molar-refractivity contribution in [1.82, 2.24) is 5.32 Å². The van der Waals surface area contributed by atoms with Crippen molar-refractivity contribution >= 4 is 12.1 Å². The predicted octanol–water partition coefficient (Wildman–Crippen LogP) is 2.20. The van der Waals surface area contributed by atoms with Gasteiger partial charge >= 0.3 is 12.1 Å². The molecule has 134 valence electrons. The van der Waals surface area contributed by atoms with Gasteiger partial charge in [0.2, 0.25) is 0 Å². The normalized spacial score (nSPS) is 13.8. The first-order chi connectivity index (χ1) is 11.2. The highest BCUT2D eigenvalue weighted by atomic mass is 16.7. The van der Waals surface area contributed by atoms with E-state index in [1.807, 2.05) is 30.3 Å². The van der Waals surface area contributed by atoms with E-state index in [0.29, 0.717) is 0 Å². The first kappa shape index (κ1) is 19.9. The summed E-state index contributed by atoms with van der Waals surface area (Å²) in [5.74, 6) is -1.19. The van der Waals surface area contributed by atoms with Crippen LogP contribution in [-0.2, 0) is 25.4 Å². The van der Waals surface area contributed by atoms with E-state index < -0.39 is 29.8 Å². The average molecular weight is 339 g/mol. The summed E-state index contributed by atoms with van der Waals surface area (Å²) >= 11 is 0. The Morgan fingerprint density at radius 1 is 1.21 bits per heavy atom. The molecule has 2 N–H and O–H groups in total. The Morgan fingerprint density at radius 3 is 2.33 bits per heavy atom. The molecule has 0 saturated heterocycles. The minimum Gasteiger partial charge on any atom is -0.479 e. The molecular formula is C17H25NO6. The molecule has 0 aliphatic rings. The summed E-state index contributed by atoms with van der Waals surface area (Å²) in [7, 11) is 1.40. The molecule has 1 aromatic carbocycles. The number of methoxy groups -OCH3 is 1. The molecule has 0 bridgehead atoms. The summed E-state index contributed by atoms with van der Waals surface area (Å²) < 4.78 is 15.2. The number of carbonyl (C=O) groups excluding carboxylic acids is 1. The topological polar surface area (TPSA) is 94.1 Å². The Hall–Kier alpha value is -2.12. The van der Waals surface area contributed by atoms with Gasteiger partial charge in [-0.3, -0.25) is 0 Å². The minimum absolute atomic E-state index is 0.196. The van der Waals surface area contributed by atoms with Crippen LogP contribution in [0.3, 0.4) is 0 Å². The fourth-order valence-corrected chi connectivity index (χ4v) is 2.06. The summed E-state index contributed by atoms with van der Waals surface area (Å²) in [6.45, 7) is 5.00. The second kappa shape index (κ2) is 9.24. The van der Waals surface area contributed by atoms with E-state index in [0.717, 1.165) is 5.56 Å². The molecule has 1 rings (SSSR count). The van der Waals surface area contributed by atoms with Gasteiger partial charge in [-0.15, -0.1) is 0 Å². The first-order valence-electron chi connectivity index (χ1n) is 7.59. The van der Waals surface area contributed by atoms with Crippen molar-refractivity contribution in [2.24, 2.45) is 0 Å². The number of benzene rings is 1. The van der Waals surface area contributed by atoms with Crippen LogP contribution in [0.15, 0.2) is 30.3 Å². The molecule has 0 spiro atoms. The van der Waals surface area contributed by atoms with Crippen LogP contribution in [0.1, 0.15) is 26.3 Å². The fraction of sp³-hybridized carbons (Fsp3) is 0.529. The molecule has 0 aromatic heterocycles. The number of carboxylic acid groups (broad SMARTS) is 1. The number of rotatable bonds is 8. The van der Waals surface area contributed by atoms with Crippen LogP contribution in [-0.4, -0.2) is 48.8 Å². The zero-order chi connectivity index (χ0) is 18.2. The third-order valence-electron chi connectivity index (χ3n) is 2.97. The van der Waals surface area contributed by atoms with Gasteiger partial charge in [0, 0.05) is 7.11 Å². The maximum atomic E-state index is 12.0. The summed E-state index contributed by atoms with van der Waals surface area (Å²) in [6.07, 6.45) is -1.69. The van der Waals surface area contributed by atoms with Gasteiger partial charge < -0.3 is 24.6 Å². The van der Waals surface area contributed by atoms with Crippen LogP contribution >= 0.6 is 0 Å². The van der Waals surface area contributed by atoms with Crippen LogP contribution < -0.4 is 5.32 Å². The third-order valence-corrected chi connectivity index (χ3v) is 2.97. The van der Waals surface area contributed by atoms with E-state index in [4.69, 9.17) is 14.2 Å². The molecule has 0 radical (unpaired) electrons. The van der Waals surface area contributed by atoms with E-state index in [1.54, 1.807) is 20.8 Å². The van der Waals surface area contributed by atoms with E-state index in [1.165, 1.54) is 7.11 Å². The molecule has 0 aliphatic carbocycles. The lowest BCUT2D eigenvalue weighted by atomic mass is 10.0. The van der Waals surface area contributed by atoms with E-state index >= 15 is 0 Å². The number of ether oxygens (including phenoxy) is 3. The standard InChI is InChI=1S/C17H25NO6/c1-17(2,3)24-16(21)18-13(10-12-8-6-5-7-9-12)14(15(19)20)23-11-22-4/h5-9,13-14H,10-11H2,1-4H3,(H,18,21)(H,19,20)/t13-,14-/m1/s1. The number of aliphatic carboxylic acids is 1. The van der Waals surface area contributed by atoms with Gasteiger partial charge in [0.15, 0.2) is 6.10 Å². The van der Waals surface area contributed by atoms with Crippen molar-refractivity contribution in [3.8, 4) is 0 Å². The number of hydrogen-bond acceptors (Lipinski definition) is 5. The first-order valence-corrected chi connectivity index (χ1v) is 7.59. The molecular weight excluding hydrogens is 314 g/mol. The number of alkyl carbamates (subject to hydrolysis) is 1. The Bertz CT molecular complexity index is 526. The molecule has 0 heterocycles. The number of carbonyl (C=O) groups is 2. The molecule has 24 heavy (non-hydrogen) atoms. The molecule has 7 nitrogen and oxygen atoms in total. The van der Waals surface area contributed by atoms with Gasteiger partial charge in [-0.2, -0.15) is 0 Å². The highest BCUT2D eigenvalue weighted by Crippen LogP contribution is 2.12. The van der Waals surface area contributed by atoms with Crippen molar-refractivity contribution < 1.29 is 28.9 Å². The number of carboxylic acids is 1. The Kier molecular flexibility index (Phi) is 7.67. The quantitative estimate of drug-likeness (QED) is 0.705. The van der Waals surface area contributed by atoms with Crippen LogP contribution in [0.5, 0.6) is 0 Å². The molecule has 0 saturated carbocycles. The molecule has 1 aromatic rings. The van der Waals surface area contributed by atoms with Crippen molar-refractivity contribution in [1.29, 1.82) is 0 Å². The second-order valence-electron chi connectivity index (χ2n) is 6.27. The zero-order valence-electron chi connectivity index (χ0n) is 14.4. The van der Waals surface area contributed by atoms with Gasteiger partial charge in [0.05, 0.1) is 6.04 Å². The Balaban J connectivity index is 2.92. The smallest absolute Gasteiger partial charge is 0.407 e. The summed E-state index contributed by atoms with van der Waals surface area (Å²) in [6, 6.07) is 8.42. The second-order valence-corrected chi connectivity index (χ2v) is 6.27. The largest absolute Gasteiger partial charge is 0.479 e. The predicted molar refractivity (Wildman–Crippen MR) is 87.7 cm³/mol. The average Bonchev–Trinajstić information content (AvgIpc) is 2.46. The molecule has 0 unspecified atom stereocenters. The molecule has 1 amide bonds. The van der Waals surface area contributed by atoms with Crippen LogP contribution in [0.2, 0.25) is 0 Å². The lowest BCUT2D eigenvalue weighted by Gasteiger charge is -2.27. The van der Waals surface area contributed by atoms with E-state index in [9.17, 15) is 14.7 Å². The Labute approximate surface area is 141 Å². The highest BCUT2D eigenvalue weighted by Gasteiger charge is 2.32. The molecule has 2 atom stereocenters. The Morgan fingerprint density at radius 2 is 1.83 bits per heavy atom. The lowest BCUT2D eigenvalue weighted by molar-refractivity contribution is -0.161. The summed E-state index contributed by atoms with van der Waals surface area (Å²) in [4.78, 5) is 23.6. The van der Waals surface area contributed by atoms with Crippen molar-refractivity contribution in [3.63, 3.8) is 0 Å². The van der Waals surface area contributed by atoms with Gasteiger partial charge in [-0.1, -0.05) is 30.3 Å². The minimum atomic E-state index is -1.27. The number of hydrogen-bond donors (Lipinski definition) is 2. The number of nitrogens with one attached hydrogen (secondary N) is 1. The SMILES string of the molecule is COCO[C@@H](C(=O)O)[C@@H](Cc1ccccc1)NC(=O)OC(C)(C)C. The van der Waals surface area contributed by atoms with Crippen LogP contribution in [0.25, 0.3) is 0 Å². The van der Waals surface area contributed by atoms with Crippen molar-refractivity contribution in [3.05, 3.63) is 35.9 Å². The molecule has 0 aliphatic heterocycles. The van der Waals surface area contributed by atoms with Gasteiger partial charge in [-0.25, -0.2) is 9.59 Å². The number of amides is 1. The maximum Gasteiger partial charge on any atom is 0.407 e. The maximum absolute atomic E-state index is 12.0. The van der Waals surface area contributed by atoms with E-state index in [-0.39, 0.29) is 13.2 Å². The van der Waals surface area contributed by atoms with E-state index in [2.05, 4.69) is 5.32 Å². The van der Waals surface area contributed by atoms with Gasteiger partial charge in [0.25, 0.3) is 0 Å². The lowest BCUT2D eigenvalue weighted by Crippen LogP contribution is -2.51. The van der Waals surface area contributed by atoms with Crippen molar-refractivity contribution in [2.45, 2.75) is 44.9 Å². The highest BCUT2D eigenvalue weighted by molar-refractivity contribution is 5.75. The van der Waals surface area contributed by atoms with Crippen LogP contribution in [0, 0.1) is 0 Å². The summed E-state index contributed by atoms with van der Waals surface area (Å²) in [5, 5.41) is 12.0. The van der Waals surface area contributed by atoms with Crippen LogP contribution in [0.4, 0.5) is 4.79 Å². The van der Waals surface area contributed by atoms with Gasteiger partial charge in [0.1, 0.15) is 12.4 Å². The monoisotopic (exact) mass is 339 g/mol. The fourth-order valence-electron chi connectivity index (χ4n) is 2.06.